The number of carbonyl (C=O) groups excluding carboxylic acids is 1. The van der Waals surface area contributed by atoms with Gasteiger partial charge in [-0.25, -0.2) is 19.9 Å². The van der Waals surface area contributed by atoms with E-state index >= 15 is 0 Å². The molecule has 0 aliphatic carbocycles. The van der Waals surface area contributed by atoms with Crippen molar-refractivity contribution in [3.63, 3.8) is 0 Å². The van der Waals surface area contributed by atoms with Gasteiger partial charge in [0.25, 0.3) is 0 Å². The number of piperidine rings is 1. The molecule has 160 valence electrons. The van der Waals surface area contributed by atoms with Gasteiger partial charge in [-0.2, -0.15) is 0 Å². The van der Waals surface area contributed by atoms with E-state index < -0.39 is 0 Å². The Morgan fingerprint density at radius 1 is 1.10 bits per heavy atom. The van der Waals surface area contributed by atoms with Gasteiger partial charge in [0.15, 0.2) is 5.82 Å². The third-order valence-electron chi connectivity index (χ3n) is 4.91. The van der Waals surface area contributed by atoms with Crippen molar-refractivity contribution in [3.05, 3.63) is 47.2 Å². The zero-order chi connectivity index (χ0) is 21.7. The lowest BCUT2D eigenvalue weighted by atomic mass is 10.0. The normalized spacial score (nSPS) is 17.0. The third-order valence-corrected chi connectivity index (χ3v) is 4.91. The summed E-state index contributed by atoms with van der Waals surface area (Å²) in [5, 5.41) is 3.20. The first-order valence-electron chi connectivity index (χ1n) is 10.4. The highest BCUT2D eigenvalue weighted by Gasteiger charge is 2.29. The van der Waals surface area contributed by atoms with Gasteiger partial charge in [-0.3, -0.25) is 4.79 Å². The molecule has 2 aromatic heterocycles. The minimum Gasteiger partial charge on any atom is -0.329 e. The van der Waals surface area contributed by atoms with Crippen LogP contribution in [0, 0.1) is 20.8 Å². The van der Waals surface area contributed by atoms with Gasteiger partial charge in [0, 0.05) is 42.3 Å². The Hall–Kier alpha value is -2.87. The molecule has 3 rings (SSSR count). The molecule has 0 saturated carbocycles. The maximum atomic E-state index is 12.8. The van der Waals surface area contributed by atoms with E-state index in [0.717, 1.165) is 49.4 Å². The van der Waals surface area contributed by atoms with Crippen molar-refractivity contribution in [2.75, 3.05) is 32.5 Å². The lowest BCUT2D eigenvalue weighted by Gasteiger charge is -2.34. The topological polar surface area (TPSA) is 87.1 Å². The second-order valence-corrected chi connectivity index (χ2v) is 8.06. The number of aryl methyl sites for hydroxylation is 3. The summed E-state index contributed by atoms with van der Waals surface area (Å²) in [7, 11) is 3.96. The molecular formula is C22H31N7O. The van der Waals surface area contributed by atoms with E-state index in [1.54, 1.807) is 6.08 Å². The van der Waals surface area contributed by atoms with Gasteiger partial charge in [0.05, 0.1) is 6.04 Å². The van der Waals surface area contributed by atoms with Crippen LogP contribution in [0.15, 0.2) is 24.3 Å². The summed E-state index contributed by atoms with van der Waals surface area (Å²) in [4.78, 5) is 35.0. The Labute approximate surface area is 178 Å². The van der Waals surface area contributed by atoms with Gasteiger partial charge < -0.3 is 15.1 Å². The molecule has 1 fully saturated rings. The number of hydrogen-bond donors (Lipinski definition) is 1. The van der Waals surface area contributed by atoms with Crippen LogP contribution in [0.5, 0.6) is 0 Å². The summed E-state index contributed by atoms with van der Waals surface area (Å²) in [6, 6.07) is 3.67. The fourth-order valence-electron chi connectivity index (χ4n) is 3.62. The first kappa shape index (κ1) is 21.8. The summed E-state index contributed by atoms with van der Waals surface area (Å²) in [6.45, 7) is 7.26. The highest BCUT2D eigenvalue weighted by Crippen LogP contribution is 2.30. The van der Waals surface area contributed by atoms with Crippen LogP contribution in [0.3, 0.4) is 0 Å². The Morgan fingerprint density at radius 2 is 1.80 bits per heavy atom. The molecule has 30 heavy (non-hydrogen) atoms. The van der Waals surface area contributed by atoms with Gasteiger partial charge in [0.2, 0.25) is 11.9 Å². The van der Waals surface area contributed by atoms with Gasteiger partial charge >= 0.3 is 0 Å². The van der Waals surface area contributed by atoms with Crippen molar-refractivity contribution in [1.82, 2.24) is 29.7 Å². The van der Waals surface area contributed by atoms with E-state index in [4.69, 9.17) is 4.98 Å². The van der Waals surface area contributed by atoms with Crippen molar-refractivity contribution in [3.8, 4) is 0 Å². The zero-order valence-corrected chi connectivity index (χ0v) is 18.5. The van der Waals surface area contributed by atoms with Crippen LogP contribution in [0.1, 0.15) is 48.2 Å². The molecule has 1 N–H and O–H groups in total. The lowest BCUT2D eigenvalue weighted by molar-refractivity contribution is -0.129. The molecule has 1 saturated heterocycles. The summed E-state index contributed by atoms with van der Waals surface area (Å²) in [5.41, 5.74) is 2.63. The smallest absolute Gasteiger partial charge is 0.246 e. The summed E-state index contributed by atoms with van der Waals surface area (Å²) in [5.74, 6) is 1.83. The number of aromatic nitrogens is 4. The highest BCUT2D eigenvalue weighted by molar-refractivity contribution is 5.88. The average Bonchev–Trinajstić information content (AvgIpc) is 2.66. The van der Waals surface area contributed by atoms with Gasteiger partial charge in [-0.1, -0.05) is 6.08 Å². The van der Waals surface area contributed by atoms with Crippen molar-refractivity contribution >= 4 is 17.7 Å². The van der Waals surface area contributed by atoms with Crippen LogP contribution in [0.2, 0.25) is 0 Å². The molecule has 0 bridgehead atoms. The number of amides is 1. The SMILES string of the molecule is Cc1cc(C)nc(Nc2cc(C)nc([C@H]3CCCCN3C(=O)/C=C/CN(C)C)n2)n1. The predicted octanol–water partition coefficient (Wildman–Crippen LogP) is 3.11. The quantitative estimate of drug-likeness (QED) is 0.734. The van der Waals surface area contributed by atoms with Gasteiger partial charge in [-0.05, 0) is 60.2 Å². The first-order valence-corrected chi connectivity index (χ1v) is 10.4. The fraction of sp³-hybridized carbons (Fsp3) is 0.500. The molecular weight excluding hydrogens is 378 g/mol. The Kier molecular flexibility index (Phi) is 7.10. The maximum absolute atomic E-state index is 12.8. The number of rotatable bonds is 6. The van der Waals surface area contributed by atoms with Gasteiger partial charge in [-0.15, -0.1) is 0 Å². The molecule has 1 amide bonds. The second-order valence-electron chi connectivity index (χ2n) is 8.06. The zero-order valence-electron chi connectivity index (χ0n) is 18.5. The molecule has 3 heterocycles. The maximum Gasteiger partial charge on any atom is 0.246 e. The first-order chi connectivity index (χ1) is 14.3. The van der Waals surface area contributed by atoms with E-state index in [9.17, 15) is 4.79 Å². The summed E-state index contributed by atoms with van der Waals surface area (Å²) >= 11 is 0. The molecule has 0 unspecified atom stereocenters. The van der Waals surface area contributed by atoms with Gasteiger partial charge in [0.1, 0.15) is 5.82 Å². The summed E-state index contributed by atoms with van der Waals surface area (Å²) in [6.07, 6.45) is 6.47. The van der Waals surface area contributed by atoms with Crippen LogP contribution in [0.4, 0.5) is 11.8 Å². The van der Waals surface area contributed by atoms with E-state index in [1.165, 1.54) is 0 Å². The van der Waals surface area contributed by atoms with Crippen molar-refractivity contribution in [2.24, 2.45) is 0 Å². The number of nitrogens with zero attached hydrogens (tertiary/aromatic N) is 6. The van der Waals surface area contributed by atoms with Crippen LogP contribution >= 0.6 is 0 Å². The molecule has 8 nitrogen and oxygen atoms in total. The van der Waals surface area contributed by atoms with Crippen LogP contribution < -0.4 is 5.32 Å². The van der Waals surface area contributed by atoms with E-state index in [0.29, 0.717) is 17.6 Å². The lowest BCUT2D eigenvalue weighted by Crippen LogP contribution is -2.38. The number of hydrogen-bond acceptors (Lipinski definition) is 7. The molecule has 1 aliphatic heterocycles. The fourth-order valence-corrected chi connectivity index (χ4v) is 3.62. The number of anilines is 2. The number of carbonyl (C=O) groups is 1. The summed E-state index contributed by atoms with van der Waals surface area (Å²) < 4.78 is 0. The Balaban J connectivity index is 1.83. The van der Waals surface area contributed by atoms with Crippen LogP contribution in [0.25, 0.3) is 0 Å². The minimum absolute atomic E-state index is 0.0128. The van der Waals surface area contributed by atoms with E-state index in [1.807, 2.05) is 62.9 Å². The molecule has 0 spiro atoms. The Bertz CT molecular complexity index is 905. The molecule has 1 aliphatic rings. The van der Waals surface area contributed by atoms with Crippen molar-refractivity contribution in [1.29, 1.82) is 0 Å². The van der Waals surface area contributed by atoms with Crippen molar-refractivity contribution in [2.45, 2.75) is 46.1 Å². The third kappa shape index (κ3) is 5.82. The molecule has 2 aromatic rings. The standard InChI is InChI=1S/C22H31N7O/c1-15-13-16(2)25-22(24-15)27-19-14-17(3)23-21(26-19)18-9-6-7-12-29(18)20(30)10-8-11-28(4)5/h8,10,13-14,18H,6-7,9,11-12H2,1-5H3,(H,23,24,25,26,27)/b10-8+/t18-/m1/s1. The molecule has 0 aromatic carbocycles. The number of likely N-dealkylation sites (N-methyl/N-ethyl adjacent to an activating group) is 1. The second kappa shape index (κ2) is 9.75. The number of nitrogens with one attached hydrogen (secondary N) is 1. The van der Waals surface area contributed by atoms with Crippen molar-refractivity contribution < 1.29 is 4.79 Å². The van der Waals surface area contributed by atoms with E-state index in [2.05, 4.69) is 20.3 Å². The number of likely N-dealkylation sites (tertiary alicyclic amines) is 1. The predicted molar refractivity (Wildman–Crippen MR) is 118 cm³/mol. The van der Waals surface area contributed by atoms with Crippen LogP contribution in [-0.4, -0.2) is 62.8 Å². The molecule has 1 atom stereocenters. The largest absolute Gasteiger partial charge is 0.329 e. The Morgan fingerprint density at radius 3 is 2.50 bits per heavy atom. The monoisotopic (exact) mass is 409 g/mol. The molecule has 0 radical (unpaired) electrons. The average molecular weight is 410 g/mol. The minimum atomic E-state index is -0.129. The van der Waals surface area contributed by atoms with Crippen LogP contribution in [-0.2, 0) is 4.79 Å². The molecule has 8 heteroatoms. The highest BCUT2D eigenvalue weighted by atomic mass is 16.2. The van der Waals surface area contributed by atoms with E-state index in [-0.39, 0.29) is 11.9 Å².